The summed E-state index contributed by atoms with van der Waals surface area (Å²) < 4.78 is 16.2. The summed E-state index contributed by atoms with van der Waals surface area (Å²) in [5.41, 5.74) is 1.37. The molecule has 2 aromatic carbocycles. The topological polar surface area (TPSA) is 56.8 Å². The maximum atomic E-state index is 12.3. The Labute approximate surface area is 152 Å². The molecule has 0 aliphatic heterocycles. The number of methoxy groups -OCH3 is 2. The minimum atomic E-state index is -0.194. The predicted octanol–water partition coefficient (Wildman–Crippen LogP) is 3.69. The average Bonchev–Trinajstić information content (AvgIpc) is 2.61. The van der Waals surface area contributed by atoms with Gasteiger partial charge in [-0.2, -0.15) is 0 Å². The Morgan fingerprint density at radius 3 is 2.60 bits per heavy atom. The van der Waals surface area contributed by atoms with Crippen molar-refractivity contribution in [1.29, 1.82) is 0 Å². The highest BCUT2D eigenvalue weighted by atomic mass is 35.5. The van der Waals surface area contributed by atoms with Gasteiger partial charge in [0.1, 0.15) is 6.61 Å². The number of halogens is 1. The van der Waals surface area contributed by atoms with Crippen LogP contribution in [0.15, 0.2) is 42.5 Å². The van der Waals surface area contributed by atoms with Gasteiger partial charge in [0, 0.05) is 29.3 Å². The van der Waals surface area contributed by atoms with Gasteiger partial charge >= 0.3 is 0 Å². The van der Waals surface area contributed by atoms with E-state index >= 15 is 0 Å². The molecule has 0 radical (unpaired) electrons. The molecule has 0 aliphatic rings. The summed E-state index contributed by atoms with van der Waals surface area (Å²) in [5.74, 6) is 0.837. The lowest BCUT2D eigenvalue weighted by Gasteiger charge is -2.15. The van der Waals surface area contributed by atoms with Crippen molar-refractivity contribution < 1.29 is 19.0 Å². The van der Waals surface area contributed by atoms with Crippen LogP contribution in [0.2, 0.25) is 5.02 Å². The minimum absolute atomic E-state index is 0.0837. The fraction of sp³-hybridized carbons (Fsp3) is 0.316. The number of carbonyl (C=O) groups excluding carboxylic acids is 1. The second-order valence-corrected chi connectivity index (χ2v) is 5.98. The monoisotopic (exact) mass is 363 g/mol. The van der Waals surface area contributed by atoms with Gasteiger partial charge in [-0.1, -0.05) is 29.8 Å². The molecule has 5 nitrogen and oxygen atoms in total. The van der Waals surface area contributed by atoms with E-state index in [9.17, 15) is 4.79 Å². The number of hydrogen-bond donors (Lipinski definition) is 1. The van der Waals surface area contributed by atoms with Gasteiger partial charge in [-0.25, -0.2) is 0 Å². The lowest BCUT2D eigenvalue weighted by molar-refractivity contribution is 0.0905. The number of nitrogens with one attached hydrogen (secondary N) is 1. The van der Waals surface area contributed by atoms with Gasteiger partial charge in [0.05, 0.1) is 13.7 Å². The third-order valence-electron chi connectivity index (χ3n) is 3.56. The van der Waals surface area contributed by atoms with Crippen LogP contribution in [-0.2, 0) is 11.3 Å². The molecule has 0 aromatic heterocycles. The van der Waals surface area contributed by atoms with E-state index in [0.717, 1.165) is 5.56 Å². The molecule has 0 spiro atoms. The molecule has 2 aromatic rings. The zero-order valence-electron chi connectivity index (χ0n) is 14.5. The lowest BCUT2D eigenvalue weighted by atomic mass is 10.1. The van der Waals surface area contributed by atoms with Crippen LogP contribution in [0.4, 0.5) is 0 Å². The zero-order chi connectivity index (χ0) is 18.2. The Kier molecular flexibility index (Phi) is 7.10. The second kappa shape index (κ2) is 9.30. The van der Waals surface area contributed by atoms with E-state index in [2.05, 4.69) is 5.32 Å². The van der Waals surface area contributed by atoms with Crippen LogP contribution in [0, 0.1) is 0 Å². The van der Waals surface area contributed by atoms with Gasteiger partial charge in [-0.05, 0) is 31.2 Å². The van der Waals surface area contributed by atoms with Crippen molar-refractivity contribution >= 4 is 17.5 Å². The van der Waals surface area contributed by atoms with Gasteiger partial charge in [-0.15, -0.1) is 0 Å². The first-order chi connectivity index (χ1) is 12.0. The molecule has 0 saturated carbocycles. The van der Waals surface area contributed by atoms with Crippen LogP contribution in [0.25, 0.3) is 0 Å². The van der Waals surface area contributed by atoms with Crippen molar-refractivity contribution in [3.63, 3.8) is 0 Å². The molecule has 25 heavy (non-hydrogen) atoms. The van der Waals surface area contributed by atoms with Gasteiger partial charge in [0.2, 0.25) is 0 Å². The second-order valence-electron chi connectivity index (χ2n) is 5.58. The summed E-state index contributed by atoms with van der Waals surface area (Å²) in [6.07, 6.45) is 0. The molecular weight excluding hydrogens is 342 g/mol. The first kappa shape index (κ1) is 19.1. The quantitative estimate of drug-likeness (QED) is 0.777. The molecule has 1 atom stereocenters. The number of rotatable bonds is 8. The smallest absolute Gasteiger partial charge is 0.251 e. The van der Waals surface area contributed by atoms with Crippen molar-refractivity contribution in [3.05, 3.63) is 58.6 Å². The van der Waals surface area contributed by atoms with E-state index in [1.54, 1.807) is 25.3 Å². The zero-order valence-corrected chi connectivity index (χ0v) is 15.3. The SMILES string of the molecule is COCC(C)NC(=O)c1ccc(OCc2ccccc2Cl)c(OC)c1. The molecular formula is C19H22ClNO4. The molecule has 0 heterocycles. The Bertz CT molecular complexity index is 720. The number of hydrogen-bond acceptors (Lipinski definition) is 4. The van der Waals surface area contributed by atoms with Crippen molar-refractivity contribution in [3.8, 4) is 11.5 Å². The molecule has 6 heteroatoms. The van der Waals surface area contributed by atoms with E-state index in [1.807, 2.05) is 31.2 Å². The predicted molar refractivity (Wildman–Crippen MR) is 97.6 cm³/mol. The molecule has 1 N–H and O–H groups in total. The third kappa shape index (κ3) is 5.37. The lowest BCUT2D eigenvalue weighted by Crippen LogP contribution is -2.35. The molecule has 1 unspecified atom stereocenters. The standard InChI is InChI=1S/C19H22ClNO4/c1-13(11-23-2)21-19(22)14-8-9-17(18(10-14)24-3)25-12-15-6-4-5-7-16(15)20/h4-10,13H,11-12H2,1-3H3,(H,21,22). The third-order valence-corrected chi connectivity index (χ3v) is 3.93. The summed E-state index contributed by atoms with van der Waals surface area (Å²) >= 11 is 6.13. The van der Waals surface area contributed by atoms with Crippen LogP contribution in [0.3, 0.4) is 0 Å². The highest BCUT2D eigenvalue weighted by Gasteiger charge is 2.13. The Morgan fingerprint density at radius 1 is 1.16 bits per heavy atom. The van der Waals surface area contributed by atoms with Crippen LogP contribution < -0.4 is 14.8 Å². The Morgan fingerprint density at radius 2 is 1.92 bits per heavy atom. The van der Waals surface area contributed by atoms with Crippen LogP contribution in [0.5, 0.6) is 11.5 Å². The van der Waals surface area contributed by atoms with Gasteiger partial charge in [-0.3, -0.25) is 4.79 Å². The first-order valence-electron chi connectivity index (χ1n) is 7.89. The maximum absolute atomic E-state index is 12.3. The van der Waals surface area contributed by atoms with Crippen molar-refractivity contribution in [2.24, 2.45) is 0 Å². The molecule has 134 valence electrons. The van der Waals surface area contributed by atoms with E-state index in [1.165, 1.54) is 7.11 Å². The van der Waals surface area contributed by atoms with E-state index in [0.29, 0.717) is 35.3 Å². The van der Waals surface area contributed by atoms with Crippen LogP contribution in [-0.4, -0.2) is 32.8 Å². The fourth-order valence-electron chi connectivity index (χ4n) is 2.30. The fourth-order valence-corrected chi connectivity index (χ4v) is 2.49. The average molecular weight is 364 g/mol. The Hall–Kier alpha value is -2.24. The molecule has 0 saturated heterocycles. The van der Waals surface area contributed by atoms with Crippen molar-refractivity contribution in [2.45, 2.75) is 19.6 Å². The highest BCUT2D eigenvalue weighted by Crippen LogP contribution is 2.29. The van der Waals surface area contributed by atoms with E-state index in [-0.39, 0.29) is 11.9 Å². The molecule has 0 aliphatic carbocycles. The summed E-state index contributed by atoms with van der Waals surface area (Å²) in [4.78, 5) is 12.3. The van der Waals surface area contributed by atoms with Gasteiger partial charge in [0.15, 0.2) is 11.5 Å². The minimum Gasteiger partial charge on any atom is -0.493 e. The number of amides is 1. The summed E-state index contributed by atoms with van der Waals surface area (Å²) in [6.45, 7) is 2.63. The molecule has 2 rings (SSSR count). The summed E-state index contributed by atoms with van der Waals surface area (Å²) in [6, 6.07) is 12.4. The molecule has 0 fully saturated rings. The summed E-state index contributed by atoms with van der Waals surface area (Å²) in [7, 11) is 3.13. The van der Waals surface area contributed by atoms with Gasteiger partial charge < -0.3 is 19.5 Å². The van der Waals surface area contributed by atoms with Crippen LogP contribution >= 0.6 is 11.6 Å². The van der Waals surface area contributed by atoms with Gasteiger partial charge in [0.25, 0.3) is 5.91 Å². The molecule has 0 bridgehead atoms. The van der Waals surface area contributed by atoms with E-state index in [4.69, 9.17) is 25.8 Å². The maximum Gasteiger partial charge on any atom is 0.251 e. The number of carbonyl (C=O) groups is 1. The molecule has 1 amide bonds. The van der Waals surface area contributed by atoms with Crippen molar-refractivity contribution in [2.75, 3.05) is 20.8 Å². The van der Waals surface area contributed by atoms with Crippen LogP contribution in [0.1, 0.15) is 22.8 Å². The summed E-state index contributed by atoms with van der Waals surface area (Å²) in [5, 5.41) is 3.50. The largest absolute Gasteiger partial charge is 0.493 e. The van der Waals surface area contributed by atoms with E-state index < -0.39 is 0 Å². The normalized spacial score (nSPS) is 11.7. The van der Waals surface area contributed by atoms with Crippen molar-refractivity contribution in [1.82, 2.24) is 5.32 Å². The number of ether oxygens (including phenoxy) is 3. The first-order valence-corrected chi connectivity index (χ1v) is 8.27. The number of benzene rings is 2. The Balaban J connectivity index is 2.08. The highest BCUT2D eigenvalue weighted by molar-refractivity contribution is 6.31.